The van der Waals surface area contributed by atoms with Crippen molar-refractivity contribution < 1.29 is 22.4 Å². The van der Waals surface area contributed by atoms with Crippen LogP contribution in [0.5, 0.6) is 0 Å². The number of carbonyl (C=O) groups is 2. The molecule has 1 atom stereocenters. The summed E-state index contributed by atoms with van der Waals surface area (Å²) in [5.41, 5.74) is 1.88. The summed E-state index contributed by atoms with van der Waals surface area (Å²) in [6.45, 7) is 3.34. The lowest BCUT2D eigenvalue weighted by Crippen LogP contribution is -2.54. The van der Waals surface area contributed by atoms with E-state index >= 15 is 0 Å². The molecule has 1 aliphatic rings. The van der Waals surface area contributed by atoms with Gasteiger partial charge in [0.1, 0.15) is 18.4 Å². The van der Waals surface area contributed by atoms with Crippen LogP contribution in [0.3, 0.4) is 0 Å². The van der Waals surface area contributed by atoms with Crippen molar-refractivity contribution in [3.63, 3.8) is 0 Å². The minimum atomic E-state index is -3.93. The molecule has 0 heterocycles. The van der Waals surface area contributed by atoms with Crippen LogP contribution in [0.15, 0.2) is 42.5 Å². The molecule has 0 aliphatic heterocycles. The van der Waals surface area contributed by atoms with Crippen LogP contribution < -0.4 is 9.62 Å². The first-order valence-corrected chi connectivity index (χ1v) is 14.8. The Hall–Kier alpha value is -2.65. The molecule has 3 rings (SSSR count). The monoisotopic (exact) mass is 551 g/mol. The highest BCUT2D eigenvalue weighted by molar-refractivity contribution is 7.92. The normalized spacial score (nSPS) is 15.2. The number of sulfonamides is 1. The van der Waals surface area contributed by atoms with Gasteiger partial charge < -0.3 is 10.2 Å². The van der Waals surface area contributed by atoms with E-state index in [2.05, 4.69) is 5.32 Å². The predicted octanol–water partition coefficient (Wildman–Crippen LogP) is 4.81. The first-order chi connectivity index (χ1) is 17.5. The van der Waals surface area contributed by atoms with Crippen molar-refractivity contribution in [3.8, 4) is 0 Å². The summed E-state index contributed by atoms with van der Waals surface area (Å²) in [4.78, 5) is 28.6. The Morgan fingerprint density at radius 2 is 1.81 bits per heavy atom. The number of hydrogen-bond donors (Lipinski definition) is 1. The van der Waals surface area contributed by atoms with Crippen molar-refractivity contribution in [3.05, 3.63) is 64.4 Å². The third-order valence-corrected chi connectivity index (χ3v) is 8.24. The van der Waals surface area contributed by atoms with E-state index in [1.165, 1.54) is 17.0 Å². The summed E-state index contributed by atoms with van der Waals surface area (Å²) in [7, 11) is -3.93. The Kier molecular flexibility index (Phi) is 9.95. The largest absolute Gasteiger partial charge is 0.352 e. The summed E-state index contributed by atoms with van der Waals surface area (Å²) in [5.74, 6) is -1.48. The highest BCUT2D eigenvalue weighted by atomic mass is 35.5. The van der Waals surface area contributed by atoms with E-state index < -0.39 is 34.3 Å². The van der Waals surface area contributed by atoms with Crippen LogP contribution in [0.25, 0.3) is 0 Å². The van der Waals surface area contributed by atoms with Crippen LogP contribution in [0, 0.1) is 12.7 Å². The fraction of sp³-hybridized carbons (Fsp3) is 0.481. The molecular formula is C27H35ClFN3O4S. The molecule has 1 fully saturated rings. The Labute approximate surface area is 224 Å². The molecule has 0 spiro atoms. The Morgan fingerprint density at radius 1 is 1.14 bits per heavy atom. The molecule has 0 unspecified atom stereocenters. The van der Waals surface area contributed by atoms with Crippen molar-refractivity contribution in [2.24, 2.45) is 0 Å². The second kappa shape index (κ2) is 12.7. The van der Waals surface area contributed by atoms with Crippen molar-refractivity contribution in [2.75, 3.05) is 17.1 Å². The van der Waals surface area contributed by atoms with Crippen LogP contribution >= 0.6 is 11.6 Å². The average Bonchev–Trinajstić information content (AvgIpc) is 2.85. The summed E-state index contributed by atoms with van der Waals surface area (Å²) in [6.07, 6.45) is 6.39. The maximum absolute atomic E-state index is 13.8. The molecule has 7 nitrogen and oxygen atoms in total. The van der Waals surface area contributed by atoms with E-state index in [1.54, 1.807) is 0 Å². The smallest absolute Gasteiger partial charge is 0.244 e. The number of hydrogen-bond acceptors (Lipinski definition) is 4. The van der Waals surface area contributed by atoms with E-state index in [9.17, 15) is 22.4 Å². The molecule has 2 amide bonds. The zero-order chi connectivity index (χ0) is 27.2. The minimum Gasteiger partial charge on any atom is -0.352 e. The Bertz CT molecular complexity index is 1220. The third-order valence-electron chi connectivity index (χ3n) is 6.81. The van der Waals surface area contributed by atoms with Crippen LogP contribution in [-0.4, -0.2) is 50.0 Å². The van der Waals surface area contributed by atoms with Crippen LogP contribution in [-0.2, 0) is 26.2 Å². The topological polar surface area (TPSA) is 86.8 Å². The molecule has 1 N–H and O–H groups in total. The SMILES string of the molecule is CC[C@@H](C(=O)NC1CCCCC1)N(Cc1ccccc1C)C(=O)CN(c1ccc(F)c(Cl)c1)S(C)(=O)=O. The van der Waals surface area contributed by atoms with Gasteiger partial charge in [0.05, 0.1) is 17.0 Å². The zero-order valence-electron chi connectivity index (χ0n) is 21.5. The van der Waals surface area contributed by atoms with E-state index in [1.807, 2.05) is 38.1 Å². The van der Waals surface area contributed by atoms with Gasteiger partial charge in [-0.05, 0) is 55.5 Å². The van der Waals surface area contributed by atoms with E-state index in [0.717, 1.165) is 59.9 Å². The number of rotatable bonds is 10. The minimum absolute atomic E-state index is 0.0674. The molecule has 2 aromatic carbocycles. The van der Waals surface area contributed by atoms with Gasteiger partial charge >= 0.3 is 0 Å². The number of benzene rings is 2. The van der Waals surface area contributed by atoms with Crippen molar-refractivity contribution in [1.29, 1.82) is 0 Å². The van der Waals surface area contributed by atoms with E-state index in [-0.39, 0.29) is 29.2 Å². The molecular weight excluding hydrogens is 517 g/mol. The van der Waals surface area contributed by atoms with Gasteiger partial charge in [0.25, 0.3) is 0 Å². The lowest BCUT2D eigenvalue weighted by Gasteiger charge is -2.34. The first kappa shape index (κ1) is 28.9. The van der Waals surface area contributed by atoms with Gasteiger partial charge in [0.15, 0.2) is 0 Å². The molecule has 37 heavy (non-hydrogen) atoms. The summed E-state index contributed by atoms with van der Waals surface area (Å²) in [5, 5.41) is 2.85. The van der Waals surface area contributed by atoms with Crippen LogP contribution in [0.4, 0.5) is 10.1 Å². The first-order valence-electron chi connectivity index (χ1n) is 12.6. The lowest BCUT2D eigenvalue weighted by molar-refractivity contribution is -0.140. The average molecular weight is 552 g/mol. The van der Waals surface area contributed by atoms with Gasteiger partial charge in [-0.25, -0.2) is 12.8 Å². The quantitative estimate of drug-likeness (QED) is 0.459. The summed E-state index contributed by atoms with van der Waals surface area (Å²) >= 11 is 5.89. The van der Waals surface area contributed by atoms with Crippen LogP contribution in [0.2, 0.25) is 5.02 Å². The van der Waals surface area contributed by atoms with Gasteiger partial charge in [-0.3, -0.25) is 13.9 Å². The van der Waals surface area contributed by atoms with Crippen molar-refractivity contribution >= 4 is 39.1 Å². The maximum atomic E-state index is 13.8. The number of nitrogens with one attached hydrogen (secondary N) is 1. The molecule has 0 saturated heterocycles. The Morgan fingerprint density at radius 3 is 2.41 bits per heavy atom. The second-order valence-electron chi connectivity index (χ2n) is 9.58. The van der Waals surface area contributed by atoms with E-state index in [0.29, 0.717) is 6.42 Å². The highest BCUT2D eigenvalue weighted by Crippen LogP contribution is 2.25. The molecule has 202 valence electrons. The number of nitrogens with zero attached hydrogens (tertiary/aromatic N) is 2. The predicted molar refractivity (Wildman–Crippen MR) is 144 cm³/mol. The molecule has 0 bridgehead atoms. The third kappa shape index (κ3) is 7.68. The molecule has 1 saturated carbocycles. The van der Waals surface area contributed by atoms with Gasteiger partial charge in [-0.2, -0.15) is 0 Å². The summed E-state index contributed by atoms with van der Waals surface area (Å²) < 4.78 is 40.0. The Balaban J connectivity index is 1.93. The highest BCUT2D eigenvalue weighted by Gasteiger charge is 2.33. The fourth-order valence-corrected chi connectivity index (χ4v) is 5.70. The molecule has 2 aromatic rings. The number of carbonyl (C=O) groups excluding carboxylic acids is 2. The second-order valence-corrected chi connectivity index (χ2v) is 11.9. The van der Waals surface area contributed by atoms with Gasteiger partial charge in [-0.1, -0.05) is 62.1 Å². The number of halogens is 2. The van der Waals surface area contributed by atoms with E-state index in [4.69, 9.17) is 11.6 Å². The van der Waals surface area contributed by atoms with Crippen LogP contribution in [0.1, 0.15) is 56.6 Å². The van der Waals surface area contributed by atoms with Crippen molar-refractivity contribution in [2.45, 2.75) is 71.0 Å². The van der Waals surface area contributed by atoms with Gasteiger partial charge in [-0.15, -0.1) is 0 Å². The molecule has 1 aliphatic carbocycles. The van der Waals surface area contributed by atoms with Crippen molar-refractivity contribution in [1.82, 2.24) is 10.2 Å². The lowest BCUT2D eigenvalue weighted by atomic mass is 9.95. The molecule has 10 heteroatoms. The van der Waals surface area contributed by atoms with Gasteiger partial charge in [0, 0.05) is 12.6 Å². The molecule has 0 aromatic heterocycles. The van der Waals surface area contributed by atoms with Gasteiger partial charge in [0.2, 0.25) is 21.8 Å². The maximum Gasteiger partial charge on any atom is 0.244 e. The number of amides is 2. The number of anilines is 1. The summed E-state index contributed by atoms with van der Waals surface area (Å²) in [6, 6.07) is 10.3. The zero-order valence-corrected chi connectivity index (χ0v) is 23.1. The molecule has 0 radical (unpaired) electrons. The number of aryl methyl sites for hydroxylation is 1. The standard InChI is InChI=1S/C27H35ClFN3O4S/c1-4-25(27(34)30-21-12-6-5-7-13-21)31(17-20-11-9-8-10-19(20)2)26(33)18-32(37(3,35)36)22-14-15-24(29)23(28)16-22/h8-11,14-16,21,25H,4-7,12-13,17-18H2,1-3H3,(H,30,34)/t25-/m0/s1. The fourth-order valence-electron chi connectivity index (χ4n) is 4.69.